The number of amides is 2. The predicted molar refractivity (Wildman–Crippen MR) is 107 cm³/mol. The minimum Gasteiger partial charge on any atom is -0.383 e. The number of nitrogens with one attached hydrogen (secondary N) is 1. The molecule has 2 aliphatic rings. The van der Waals surface area contributed by atoms with Gasteiger partial charge in [0.1, 0.15) is 11.5 Å². The van der Waals surface area contributed by atoms with E-state index < -0.39 is 0 Å². The number of hydrogen-bond acceptors (Lipinski definition) is 7. The number of aryl methyl sites for hydroxylation is 2. The molecule has 2 aromatic rings. The van der Waals surface area contributed by atoms with Gasteiger partial charge < -0.3 is 19.5 Å². The van der Waals surface area contributed by atoms with Crippen molar-refractivity contribution in [3.8, 4) is 0 Å². The number of likely N-dealkylation sites (tertiary alicyclic amines) is 1. The van der Waals surface area contributed by atoms with Crippen LogP contribution in [0, 0.1) is 12.3 Å². The summed E-state index contributed by atoms with van der Waals surface area (Å²) in [4.78, 5) is 31.5. The summed E-state index contributed by atoms with van der Waals surface area (Å²) >= 11 is 1.50. The summed E-state index contributed by atoms with van der Waals surface area (Å²) in [6.07, 6.45) is 3.57. The van der Waals surface area contributed by atoms with Gasteiger partial charge in [0.25, 0.3) is 11.8 Å². The maximum absolute atomic E-state index is 12.8. The van der Waals surface area contributed by atoms with Gasteiger partial charge in [-0.05, 0) is 31.6 Å². The molecule has 0 aliphatic carbocycles. The molecule has 2 amide bonds. The lowest BCUT2D eigenvalue weighted by Crippen LogP contribution is -2.33. The van der Waals surface area contributed by atoms with E-state index in [0.717, 1.165) is 49.6 Å². The van der Waals surface area contributed by atoms with Crippen LogP contribution in [0.5, 0.6) is 0 Å². The van der Waals surface area contributed by atoms with Crippen molar-refractivity contribution in [2.75, 3.05) is 33.4 Å². The number of fused-ring (bicyclic) bond motifs is 1. The maximum Gasteiger partial charge on any atom is 0.289 e. The summed E-state index contributed by atoms with van der Waals surface area (Å²) in [6.45, 7) is 4.98. The largest absolute Gasteiger partial charge is 0.383 e. The molecule has 2 aliphatic heterocycles. The highest BCUT2D eigenvalue weighted by atomic mass is 32.1. The molecule has 1 fully saturated rings. The zero-order chi connectivity index (χ0) is 20.4. The van der Waals surface area contributed by atoms with Gasteiger partial charge in [0, 0.05) is 45.1 Å². The van der Waals surface area contributed by atoms with Crippen LogP contribution in [0.4, 0.5) is 0 Å². The van der Waals surface area contributed by atoms with E-state index >= 15 is 0 Å². The van der Waals surface area contributed by atoms with Crippen LogP contribution >= 0.6 is 11.3 Å². The molecule has 1 saturated heterocycles. The normalized spacial score (nSPS) is 21.2. The van der Waals surface area contributed by atoms with Crippen LogP contribution in [0.15, 0.2) is 5.38 Å². The van der Waals surface area contributed by atoms with E-state index in [1.807, 2.05) is 21.8 Å². The monoisotopic (exact) mass is 418 g/mol. The summed E-state index contributed by atoms with van der Waals surface area (Å²) < 4.78 is 6.91. The van der Waals surface area contributed by atoms with E-state index in [1.165, 1.54) is 11.3 Å². The molecule has 1 atom stereocenters. The fourth-order valence-corrected chi connectivity index (χ4v) is 4.85. The lowest BCUT2D eigenvalue weighted by Gasteiger charge is -2.27. The minimum absolute atomic E-state index is 0.0214. The van der Waals surface area contributed by atoms with Crippen LogP contribution in [0.1, 0.15) is 51.2 Å². The van der Waals surface area contributed by atoms with Gasteiger partial charge in [-0.3, -0.25) is 9.59 Å². The number of carbonyl (C=O) groups excluding carboxylic acids is 2. The Hall–Kier alpha value is -2.33. The third-order valence-corrected chi connectivity index (χ3v) is 6.70. The first kappa shape index (κ1) is 20.0. The van der Waals surface area contributed by atoms with E-state index in [0.29, 0.717) is 31.2 Å². The van der Waals surface area contributed by atoms with Gasteiger partial charge in [0.2, 0.25) is 5.82 Å². The zero-order valence-corrected chi connectivity index (χ0v) is 17.6. The molecule has 2 aromatic heterocycles. The van der Waals surface area contributed by atoms with E-state index in [4.69, 9.17) is 4.74 Å². The minimum atomic E-state index is -0.223. The van der Waals surface area contributed by atoms with Gasteiger partial charge in [-0.2, -0.15) is 0 Å². The van der Waals surface area contributed by atoms with Crippen molar-refractivity contribution in [3.05, 3.63) is 27.7 Å². The molecule has 10 heteroatoms. The average molecular weight is 419 g/mol. The second-order valence-corrected chi connectivity index (χ2v) is 8.88. The Morgan fingerprint density at radius 1 is 1.28 bits per heavy atom. The number of thiazole rings is 1. The van der Waals surface area contributed by atoms with E-state index in [9.17, 15) is 9.59 Å². The number of nitrogens with zero attached hydrogens (tertiary/aromatic N) is 5. The smallest absolute Gasteiger partial charge is 0.289 e. The van der Waals surface area contributed by atoms with E-state index in [1.54, 1.807) is 7.11 Å². The third kappa shape index (κ3) is 4.04. The Morgan fingerprint density at radius 2 is 2.10 bits per heavy atom. The molecule has 29 heavy (non-hydrogen) atoms. The molecule has 0 saturated carbocycles. The van der Waals surface area contributed by atoms with Gasteiger partial charge in [-0.1, -0.05) is 0 Å². The van der Waals surface area contributed by atoms with E-state index in [-0.39, 0.29) is 17.2 Å². The highest BCUT2D eigenvalue weighted by Gasteiger charge is 2.42. The molecule has 4 heterocycles. The topological polar surface area (TPSA) is 102 Å². The molecule has 1 spiro atoms. The summed E-state index contributed by atoms with van der Waals surface area (Å²) in [5, 5.41) is 13.9. The van der Waals surface area contributed by atoms with Crippen LogP contribution < -0.4 is 5.32 Å². The Kier molecular flexibility index (Phi) is 5.64. The first-order valence-corrected chi connectivity index (χ1v) is 10.8. The summed E-state index contributed by atoms with van der Waals surface area (Å²) in [6, 6.07) is 0. The Labute approximate surface area is 173 Å². The number of aromatic nitrogens is 4. The fraction of sp³-hybridized carbons (Fsp3) is 0.632. The third-order valence-electron chi connectivity index (χ3n) is 5.93. The van der Waals surface area contributed by atoms with Crippen LogP contribution in [0.25, 0.3) is 0 Å². The standard InChI is InChI=1S/C19H26N6O3S/c1-13-21-14(11-29-13)18(27)24-8-5-19(12-24)4-3-15-22-23-16(25(15)9-6-19)17(26)20-7-10-28-2/h11H,3-10,12H2,1-2H3,(H,20,26). The second kappa shape index (κ2) is 8.19. The Bertz CT molecular complexity index is 910. The first-order valence-electron chi connectivity index (χ1n) is 9.92. The van der Waals surface area contributed by atoms with Crippen molar-refractivity contribution in [2.45, 2.75) is 39.2 Å². The number of methoxy groups -OCH3 is 1. The van der Waals surface area contributed by atoms with Gasteiger partial charge in [-0.15, -0.1) is 21.5 Å². The summed E-state index contributed by atoms with van der Waals surface area (Å²) in [7, 11) is 1.60. The van der Waals surface area contributed by atoms with Crippen LogP contribution in [0.3, 0.4) is 0 Å². The second-order valence-electron chi connectivity index (χ2n) is 7.82. The number of carbonyl (C=O) groups is 2. The first-order chi connectivity index (χ1) is 14.0. The molecular weight excluding hydrogens is 392 g/mol. The molecule has 1 N–H and O–H groups in total. The van der Waals surface area contributed by atoms with Crippen molar-refractivity contribution in [2.24, 2.45) is 5.41 Å². The number of rotatable bonds is 5. The predicted octanol–water partition coefficient (Wildman–Crippen LogP) is 1.29. The summed E-state index contributed by atoms with van der Waals surface area (Å²) in [5.74, 6) is 1.00. The Balaban J connectivity index is 1.42. The van der Waals surface area contributed by atoms with E-state index in [2.05, 4.69) is 20.5 Å². The van der Waals surface area contributed by atoms with Crippen LogP contribution in [-0.2, 0) is 17.7 Å². The molecule has 4 rings (SSSR count). The van der Waals surface area contributed by atoms with Crippen molar-refractivity contribution in [3.63, 3.8) is 0 Å². The van der Waals surface area contributed by atoms with Gasteiger partial charge in [0.15, 0.2) is 0 Å². The average Bonchev–Trinajstić information content (AvgIpc) is 3.40. The van der Waals surface area contributed by atoms with Crippen LogP contribution in [0.2, 0.25) is 0 Å². The molecule has 1 unspecified atom stereocenters. The summed E-state index contributed by atoms with van der Waals surface area (Å²) in [5.41, 5.74) is 0.607. The van der Waals surface area contributed by atoms with Gasteiger partial charge in [-0.25, -0.2) is 4.98 Å². The van der Waals surface area contributed by atoms with Crippen molar-refractivity contribution < 1.29 is 14.3 Å². The molecule has 0 aromatic carbocycles. The lowest BCUT2D eigenvalue weighted by molar-refractivity contribution is 0.0762. The highest BCUT2D eigenvalue weighted by Crippen LogP contribution is 2.41. The van der Waals surface area contributed by atoms with Crippen molar-refractivity contribution >= 4 is 23.2 Å². The maximum atomic E-state index is 12.8. The quantitative estimate of drug-likeness (QED) is 0.734. The lowest BCUT2D eigenvalue weighted by atomic mass is 9.80. The van der Waals surface area contributed by atoms with Gasteiger partial charge in [0.05, 0.1) is 11.6 Å². The highest BCUT2D eigenvalue weighted by molar-refractivity contribution is 7.09. The van der Waals surface area contributed by atoms with Gasteiger partial charge >= 0.3 is 0 Å². The zero-order valence-electron chi connectivity index (χ0n) is 16.8. The van der Waals surface area contributed by atoms with Crippen molar-refractivity contribution in [1.82, 2.24) is 30.0 Å². The Morgan fingerprint density at radius 3 is 2.86 bits per heavy atom. The SMILES string of the molecule is COCCNC(=O)c1nnc2n1CCC1(CC2)CCN(C(=O)c2csc(C)n2)C1. The molecule has 156 valence electrons. The number of ether oxygens (including phenoxy) is 1. The molecule has 0 radical (unpaired) electrons. The molecule has 9 nitrogen and oxygen atoms in total. The molecular formula is C19H26N6O3S. The van der Waals surface area contributed by atoms with Crippen molar-refractivity contribution in [1.29, 1.82) is 0 Å². The van der Waals surface area contributed by atoms with Crippen LogP contribution in [-0.4, -0.2) is 69.8 Å². The molecule has 0 bridgehead atoms. The number of hydrogen-bond donors (Lipinski definition) is 1. The fourth-order valence-electron chi connectivity index (χ4n) is 4.26.